The SMILES string of the molecule is N#Cc1ccc(-c2ccc(N(c3ccc(C#N)cc3)c3ccc(-c4nc5ccccc5o4)cc3)cc2)cc1. The summed E-state index contributed by atoms with van der Waals surface area (Å²) >= 11 is 0. The largest absolute Gasteiger partial charge is 0.436 e. The van der Waals surface area contributed by atoms with Gasteiger partial charge in [0.1, 0.15) is 5.52 Å². The molecule has 0 fully saturated rings. The van der Waals surface area contributed by atoms with Crippen LogP contribution < -0.4 is 4.90 Å². The van der Waals surface area contributed by atoms with E-state index in [2.05, 4.69) is 46.3 Å². The van der Waals surface area contributed by atoms with E-state index in [1.54, 1.807) is 0 Å². The van der Waals surface area contributed by atoms with Crippen molar-refractivity contribution in [3.8, 4) is 34.7 Å². The van der Waals surface area contributed by atoms with Crippen LogP contribution in [0.5, 0.6) is 0 Å². The van der Waals surface area contributed by atoms with Gasteiger partial charge < -0.3 is 9.32 Å². The second-order valence-electron chi connectivity index (χ2n) is 8.76. The van der Waals surface area contributed by atoms with Crippen LogP contribution in [0.1, 0.15) is 11.1 Å². The van der Waals surface area contributed by atoms with E-state index in [4.69, 9.17) is 9.68 Å². The molecular weight excluding hydrogens is 468 g/mol. The first kappa shape index (κ1) is 22.8. The first-order valence-corrected chi connectivity index (χ1v) is 12.1. The third-order valence-corrected chi connectivity index (χ3v) is 6.39. The van der Waals surface area contributed by atoms with Crippen molar-refractivity contribution in [3.05, 3.63) is 132 Å². The topological polar surface area (TPSA) is 76.8 Å². The number of anilines is 3. The molecule has 0 N–H and O–H groups in total. The van der Waals surface area contributed by atoms with Crippen LogP contribution in [0.15, 0.2) is 126 Å². The molecule has 0 aliphatic heterocycles. The molecule has 0 aliphatic carbocycles. The Morgan fingerprint density at radius 1 is 0.526 bits per heavy atom. The van der Waals surface area contributed by atoms with Crippen molar-refractivity contribution >= 4 is 28.2 Å². The Morgan fingerprint density at radius 3 is 1.50 bits per heavy atom. The van der Waals surface area contributed by atoms with Gasteiger partial charge in [-0.05, 0) is 96.1 Å². The van der Waals surface area contributed by atoms with Crippen LogP contribution in [-0.2, 0) is 0 Å². The summed E-state index contributed by atoms with van der Waals surface area (Å²) in [4.78, 5) is 6.75. The maximum Gasteiger partial charge on any atom is 0.227 e. The van der Waals surface area contributed by atoms with Gasteiger partial charge in [0.25, 0.3) is 0 Å². The molecule has 6 aromatic rings. The predicted molar refractivity (Wildman–Crippen MR) is 149 cm³/mol. The molecule has 0 spiro atoms. The van der Waals surface area contributed by atoms with Crippen molar-refractivity contribution in [2.24, 2.45) is 0 Å². The second kappa shape index (κ2) is 9.78. The summed E-state index contributed by atoms with van der Waals surface area (Å²) in [7, 11) is 0. The van der Waals surface area contributed by atoms with Gasteiger partial charge in [-0.1, -0.05) is 36.4 Å². The monoisotopic (exact) mass is 488 g/mol. The lowest BCUT2D eigenvalue weighted by Crippen LogP contribution is -2.09. The van der Waals surface area contributed by atoms with Crippen LogP contribution in [0.4, 0.5) is 17.1 Å². The molecule has 1 aromatic heterocycles. The zero-order valence-electron chi connectivity index (χ0n) is 20.2. The third-order valence-electron chi connectivity index (χ3n) is 6.39. The maximum atomic E-state index is 9.27. The van der Waals surface area contributed by atoms with Gasteiger partial charge in [0.2, 0.25) is 5.89 Å². The molecule has 6 rings (SSSR count). The summed E-state index contributed by atoms with van der Waals surface area (Å²) in [5.41, 5.74) is 8.69. The number of hydrogen-bond acceptors (Lipinski definition) is 5. The number of nitrogens with zero attached hydrogens (tertiary/aromatic N) is 4. The lowest BCUT2D eigenvalue weighted by Gasteiger charge is -2.26. The number of rotatable bonds is 5. The Balaban J connectivity index is 1.37. The zero-order valence-corrected chi connectivity index (χ0v) is 20.2. The molecule has 5 nitrogen and oxygen atoms in total. The molecule has 5 heteroatoms. The zero-order chi connectivity index (χ0) is 25.9. The van der Waals surface area contributed by atoms with Crippen molar-refractivity contribution < 1.29 is 4.42 Å². The Bertz CT molecular complexity index is 1770. The molecule has 0 radical (unpaired) electrons. The highest BCUT2D eigenvalue weighted by Gasteiger charge is 2.14. The fourth-order valence-corrected chi connectivity index (χ4v) is 4.42. The Morgan fingerprint density at radius 2 is 0.974 bits per heavy atom. The Labute approximate surface area is 220 Å². The van der Waals surface area contributed by atoms with E-state index in [9.17, 15) is 5.26 Å². The van der Waals surface area contributed by atoms with E-state index in [-0.39, 0.29) is 0 Å². The highest BCUT2D eigenvalue weighted by molar-refractivity contribution is 5.80. The highest BCUT2D eigenvalue weighted by atomic mass is 16.3. The first-order valence-electron chi connectivity index (χ1n) is 12.1. The van der Waals surface area contributed by atoms with Crippen molar-refractivity contribution in [3.63, 3.8) is 0 Å². The van der Waals surface area contributed by atoms with E-state index in [1.807, 2.05) is 97.1 Å². The normalized spacial score (nSPS) is 10.6. The van der Waals surface area contributed by atoms with Gasteiger partial charge in [-0.25, -0.2) is 4.98 Å². The number of oxazole rings is 1. The molecule has 0 bridgehead atoms. The maximum absolute atomic E-state index is 9.27. The molecule has 0 saturated carbocycles. The van der Waals surface area contributed by atoms with Crippen LogP contribution >= 0.6 is 0 Å². The summed E-state index contributed by atoms with van der Waals surface area (Å²) in [5, 5.41) is 18.3. The standard InChI is InChI=1S/C33H20N4O/c34-21-23-5-9-25(10-6-23)26-11-17-29(18-12-26)37(28-15-7-24(22-35)8-16-28)30-19-13-27(14-20-30)33-36-31-3-1-2-4-32(31)38-33/h1-20H. The van der Waals surface area contributed by atoms with Crippen LogP contribution in [0.25, 0.3) is 33.7 Å². The molecule has 0 saturated heterocycles. The van der Waals surface area contributed by atoms with Crippen LogP contribution in [-0.4, -0.2) is 4.98 Å². The molecule has 38 heavy (non-hydrogen) atoms. The Kier molecular flexibility index (Phi) is 5.86. The van der Waals surface area contributed by atoms with Gasteiger partial charge >= 0.3 is 0 Å². The third kappa shape index (κ3) is 4.37. The average Bonchev–Trinajstić information content (AvgIpc) is 3.43. The number of hydrogen-bond donors (Lipinski definition) is 0. The van der Waals surface area contributed by atoms with Gasteiger partial charge in [-0.15, -0.1) is 0 Å². The van der Waals surface area contributed by atoms with Gasteiger partial charge in [0.05, 0.1) is 23.3 Å². The van der Waals surface area contributed by atoms with Gasteiger partial charge in [0.15, 0.2) is 5.58 Å². The number of para-hydroxylation sites is 2. The minimum absolute atomic E-state index is 0.578. The van der Waals surface area contributed by atoms with Gasteiger partial charge in [-0.3, -0.25) is 0 Å². The molecule has 178 valence electrons. The van der Waals surface area contributed by atoms with Crippen molar-refractivity contribution in [1.29, 1.82) is 10.5 Å². The van der Waals surface area contributed by atoms with E-state index >= 15 is 0 Å². The van der Waals surface area contributed by atoms with Crippen LogP contribution in [0, 0.1) is 22.7 Å². The van der Waals surface area contributed by atoms with E-state index in [1.165, 1.54) is 0 Å². The lowest BCUT2D eigenvalue weighted by molar-refractivity contribution is 0.620. The average molecular weight is 489 g/mol. The fraction of sp³-hybridized carbons (Fsp3) is 0. The minimum Gasteiger partial charge on any atom is -0.436 e. The lowest BCUT2D eigenvalue weighted by atomic mass is 10.0. The van der Waals surface area contributed by atoms with Gasteiger partial charge in [-0.2, -0.15) is 10.5 Å². The molecule has 1 heterocycles. The summed E-state index contributed by atoms with van der Waals surface area (Å²) in [6.45, 7) is 0. The number of benzene rings is 5. The molecule has 0 aliphatic rings. The van der Waals surface area contributed by atoms with E-state index < -0.39 is 0 Å². The number of nitriles is 2. The molecule has 0 amide bonds. The van der Waals surface area contributed by atoms with Crippen molar-refractivity contribution in [2.45, 2.75) is 0 Å². The van der Waals surface area contributed by atoms with Crippen molar-refractivity contribution in [2.75, 3.05) is 4.90 Å². The van der Waals surface area contributed by atoms with Crippen LogP contribution in [0.3, 0.4) is 0 Å². The first-order chi connectivity index (χ1) is 18.7. The predicted octanol–water partition coefficient (Wildman–Crippen LogP) is 8.37. The molecule has 0 atom stereocenters. The molecule has 5 aromatic carbocycles. The number of aromatic nitrogens is 1. The summed E-state index contributed by atoms with van der Waals surface area (Å²) < 4.78 is 5.95. The van der Waals surface area contributed by atoms with E-state index in [0.717, 1.165) is 44.9 Å². The second-order valence-corrected chi connectivity index (χ2v) is 8.76. The quantitative estimate of drug-likeness (QED) is 0.244. The van der Waals surface area contributed by atoms with Crippen LogP contribution in [0.2, 0.25) is 0 Å². The summed E-state index contributed by atoms with van der Waals surface area (Å²) in [5.74, 6) is 0.578. The summed E-state index contributed by atoms with van der Waals surface area (Å²) in [6, 6.07) is 43.5. The highest BCUT2D eigenvalue weighted by Crippen LogP contribution is 2.37. The summed E-state index contributed by atoms with van der Waals surface area (Å²) in [6.07, 6.45) is 0. The van der Waals surface area contributed by atoms with Crippen molar-refractivity contribution in [1.82, 2.24) is 4.98 Å². The minimum atomic E-state index is 0.578. The van der Waals surface area contributed by atoms with E-state index in [0.29, 0.717) is 17.0 Å². The smallest absolute Gasteiger partial charge is 0.227 e. The molecule has 0 unspecified atom stereocenters. The fourth-order valence-electron chi connectivity index (χ4n) is 4.42. The van der Waals surface area contributed by atoms with Gasteiger partial charge in [0, 0.05) is 22.6 Å². The molecular formula is C33H20N4O. The Hall–Kier alpha value is -5.65. The number of fused-ring (bicyclic) bond motifs is 1.